The molecule has 1 unspecified atom stereocenters. The number of rotatable bonds is 8. The van der Waals surface area contributed by atoms with Gasteiger partial charge in [0.25, 0.3) is 0 Å². The van der Waals surface area contributed by atoms with E-state index in [4.69, 9.17) is 9.84 Å². The third kappa shape index (κ3) is 4.61. The van der Waals surface area contributed by atoms with Crippen molar-refractivity contribution in [2.24, 2.45) is 0 Å². The molecule has 4 heteroatoms. The molecule has 2 N–H and O–H groups in total. The van der Waals surface area contributed by atoms with Gasteiger partial charge in [0.1, 0.15) is 0 Å². The Morgan fingerprint density at radius 3 is 2.72 bits per heavy atom. The number of thioether (sulfide) groups is 1. The van der Waals surface area contributed by atoms with Crippen molar-refractivity contribution in [3.63, 3.8) is 0 Å². The first kappa shape index (κ1) is 15.5. The smallest absolute Gasteiger partial charge is 0.0642 e. The van der Waals surface area contributed by atoms with Crippen LogP contribution >= 0.6 is 11.8 Å². The molecule has 1 rings (SSSR count). The molecule has 0 amide bonds. The molecule has 0 aliphatic rings. The predicted octanol–water partition coefficient (Wildman–Crippen LogP) is 2.29. The van der Waals surface area contributed by atoms with E-state index in [1.54, 1.807) is 18.9 Å². The summed E-state index contributed by atoms with van der Waals surface area (Å²) in [7, 11) is 1.69. The fourth-order valence-corrected chi connectivity index (χ4v) is 2.55. The first-order valence-electron chi connectivity index (χ1n) is 6.12. The Balaban J connectivity index is 2.66. The molecule has 1 aromatic carbocycles. The minimum absolute atomic E-state index is 0.164. The van der Waals surface area contributed by atoms with Gasteiger partial charge in [-0.15, -0.1) is 11.8 Å². The average molecular weight is 269 g/mol. The average Bonchev–Trinajstić information content (AvgIpc) is 2.37. The summed E-state index contributed by atoms with van der Waals surface area (Å²) in [5, 5.41) is 12.6. The Hall–Kier alpha value is -0.550. The summed E-state index contributed by atoms with van der Waals surface area (Å²) in [6, 6.07) is 8.36. The van der Waals surface area contributed by atoms with E-state index in [1.165, 1.54) is 10.5 Å². The summed E-state index contributed by atoms with van der Waals surface area (Å²) in [6.45, 7) is 3.62. The fraction of sp³-hybridized carbons (Fsp3) is 0.571. The van der Waals surface area contributed by atoms with Crippen molar-refractivity contribution in [2.75, 3.05) is 26.6 Å². The van der Waals surface area contributed by atoms with Gasteiger partial charge in [0.2, 0.25) is 0 Å². The summed E-state index contributed by atoms with van der Waals surface area (Å²) in [5.41, 5.74) is 1.10. The standard InChI is InChI=1S/C14H23NO2S/c1-14(8-9-16,11-17-2)15-10-12-6-4-5-7-13(12)18-3/h4-7,15-16H,8-11H2,1-3H3. The van der Waals surface area contributed by atoms with Gasteiger partial charge in [0, 0.05) is 30.7 Å². The van der Waals surface area contributed by atoms with E-state index in [0.717, 1.165) is 6.54 Å². The van der Waals surface area contributed by atoms with Crippen LogP contribution in [0.15, 0.2) is 29.2 Å². The number of methoxy groups -OCH3 is 1. The topological polar surface area (TPSA) is 41.5 Å². The molecular formula is C14H23NO2S. The summed E-state index contributed by atoms with van der Waals surface area (Å²) < 4.78 is 5.23. The molecule has 0 saturated carbocycles. The van der Waals surface area contributed by atoms with E-state index in [-0.39, 0.29) is 12.1 Å². The maximum absolute atomic E-state index is 9.13. The van der Waals surface area contributed by atoms with Gasteiger partial charge >= 0.3 is 0 Å². The second-order valence-electron chi connectivity index (χ2n) is 4.63. The quantitative estimate of drug-likeness (QED) is 0.711. The van der Waals surface area contributed by atoms with Crippen LogP contribution in [0.2, 0.25) is 0 Å². The first-order valence-corrected chi connectivity index (χ1v) is 7.34. The fourth-order valence-electron chi connectivity index (χ4n) is 1.93. The minimum atomic E-state index is -0.185. The number of ether oxygens (including phenoxy) is 1. The Labute approximate surface area is 114 Å². The van der Waals surface area contributed by atoms with Crippen LogP contribution in [0.25, 0.3) is 0 Å². The SMILES string of the molecule is COCC(C)(CCO)NCc1ccccc1SC. The molecule has 1 atom stereocenters. The summed E-state index contributed by atoms with van der Waals surface area (Å²) >= 11 is 1.75. The zero-order chi connectivity index (χ0) is 13.4. The van der Waals surface area contributed by atoms with Gasteiger partial charge < -0.3 is 15.2 Å². The van der Waals surface area contributed by atoms with Crippen molar-refractivity contribution in [3.8, 4) is 0 Å². The second kappa shape index (κ2) is 7.79. The van der Waals surface area contributed by atoms with Gasteiger partial charge in [-0.3, -0.25) is 0 Å². The molecule has 3 nitrogen and oxygen atoms in total. The molecule has 0 aliphatic carbocycles. The molecule has 0 bridgehead atoms. The lowest BCUT2D eigenvalue weighted by Gasteiger charge is -2.30. The van der Waals surface area contributed by atoms with Crippen LogP contribution in [0.5, 0.6) is 0 Å². The van der Waals surface area contributed by atoms with Crippen molar-refractivity contribution in [1.82, 2.24) is 5.32 Å². The largest absolute Gasteiger partial charge is 0.396 e. The summed E-state index contributed by atoms with van der Waals surface area (Å²) in [4.78, 5) is 1.29. The molecule has 18 heavy (non-hydrogen) atoms. The van der Waals surface area contributed by atoms with Gasteiger partial charge in [-0.1, -0.05) is 18.2 Å². The van der Waals surface area contributed by atoms with E-state index in [2.05, 4.69) is 42.8 Å². The van der Waals surface area contributed by atoms with Gasteiger partial charge in [-0.25, -0.2) is 0 Å². The van der Waals surface area contributed by atoms with E-state index in [1.807, 2.05) is 0 Å². The van der Waals surface area contributed by atoms with E-state index >= 15 is 0 Å². The Kier molecular flexibility index (Phi) is 6.71. The maximum atomic E-state index is 9.13. The monoisotopic (exact) mass is 269 g/mol. The zero-order valence-electron chi connectivity index (χ0n) is 11.4. The number of aliphatic hydroxyl groups excluding tert-OH is 1. The molecule has 0 aliphatic heterocycles. The number of benzene rings is 1. The lowest BCUT2D eigenvalue weighted by Crippen LogP contribution is -2.46. The minimum Gasteiger partial charge on any atom is -0.396 e. The number of hydrogen-bond acceptors (Lipinski definition) is 4. The van der Waals surface area contributed by atoms with Crippen molar-refractivity contribution in [3.05, 3.63) is 29.8 Å². The Morgan fingerprint density at radius 2 is 2.11 bits per heavy atom. The van der Waals surface area contributed by atoms with E-state index < -0.39 is 0 Å². The van der Waals surface area contributed by atoms with Crippen molar-refractivity contribution < 1.29 is 9.84 Å². The first-order chi connectivity index (χ1) is 8.65. The van der Waals surface area contributed by atoms with Crippen LogP contribution in [-0.4, -0.2) is 37.2 Å². The highest BCUT2D eigenvalue weighted by atomic mass is 32.2. The van der Waals surface area contributed by atoms with E-state index in [0.29, 0.717) is 13.0 Å². The van der Waals surface area contributed by atoms with Gasteiger partial charge in [0.05, 0.1) is 6.61 Å². The van der Waals surface area contributed by atoms with Crippen LogP contribution in [-0.2, 0) is 11.3 Å². The number of aliphatic hydroxyl groups is 1. The highest BCUT2D eigenvalue weighted by Crippen LogP contribution is 2.21. The maximum Gasteiger partial charge on any atom is 0.0642 e. The molecule has 1 aromatic rings. The number of nitrogens with one attached hydrogen (secondary N) is 1. The van der Waals surface area contributed by atoms with Crippen molar-refractivity contribution in [2.45, 2.75) is 30.3 Å². The lowest BCUT2D eigenvalue weighted by atomic mass is 9.99. The highest BCUT2D eigenvalue weighted by Gasteiger charge is 2.23. The Bertz CT molecular complexity index is 351. The van der Waals surface area contributed by atoms with Crippen LogP contribution in [0, 0.1) is 0 Å². The van der Waals surface area contributed by atoms with Crippen LogP contribution in [0.4, 0.5) is 0 Å². The summed E-state index contributed by atoms with van der Waals surface area (Å²) in [5.74, 6) is 0. The van der Waals surface area contributed by atoms with Crippen molar-refractivity contribution in [1.29, 1.82) is 0 Å². The lowest BCUT2D eigenvalue weighted by molar-refractivity contribution is 0.0968. The molecule has 0 fully saturated rings. The summed E-state index contributed by atoms with van der Waals surface area (Å²) in [6.07, 6.45) is 2.77. The third-order valence-corrected chi connectivity index (χ3v) is 3.86. The Morgan fingerprint density at radius 1 is 1.39 bits per heavy atom. The van der Waals surface area contributed by atoms with Gasteiger partial charge in [-0.2, -0.15) is 0 Å². The highest BCUT2D eigenvalue weighted by molar-refractivity contribution is 7.98. The molecular weight excluding hydrogens is 246 g/mol. The van der Waals surface area contributed by atoms with Crippen LogP contribution in [0.1, 0.15) is 18.9 Å². The molecule has 0 aromatic heterocycles. The zero-order valence-corrected chi connectivity index (χ0v) is 12.2. The predicted molar refractivity (Wildman–Crippen MR) is 77.0 cm³/mol. The van der Waals surface area contributed by atoms with E-state index in [9.17, 15) is 0 Å². The normalized spacial score (nSPS) is 14.4. The molecule has 0 spiro atoms. The van der Waals surface area contributed by atoms with Gasteiger partial charge in [0.15, 0.2) is 0 Å². The van der Waals surface area contributed by atoms with Gasteiger partial charge in [-0.05, 0) is 31.2 Å². The second-order valence-corrected chi connectivity index (χ2v) is 5.48. The number of hydrogen-bond donors (Lipinski definition) is 2. The molecule has 0 heterocycles. The molecule has 0 radical (unpaired) electrons. The van der Waals surface area contributed by atoms with Crippen LogP contribution < -0.4 is 5.32 Å². The molecule has 102 valence electrons. The van der Waals surface area contributed by atoms with Crippen LogP contribution in [0.3, 0.4) is 0 Å². The van der Waals surface area contributed by atoms with Crippen molar-refractivity contribution >= 4 is 11.8 Å². The molecule has 0 saturated heterocycles. The third-order valence-electron chi connectivity index (χ3n) is 3.02.